The molecule has 0 radical (unpaired) electrons. The summed E-state index contributed by atoms with van der Waals surface area (Å²) in [7, 11) is 1.61. The number of carbonyl (C=O) groups excluding carboxylic acids is 2. The van der Waals surface area contributed by atoms with E-state index in [-0.39, 0.29) is 23.8 Å². The molecule has 1 saturated heterocycles. The van der Waals surface area contributed by atoms with Crippen molar-refractivity contribution < 1.29 is 18.7 Å². The summed E-state index contributed by atoms with van der Waals surface area (Å²) in [6.07, 6.45) is 0.281. The van der Waals surface area contributed by atoms with Crippen molar-refractivity contribution in [2.45, 2.75) is 6.42 Å². The van der Waals surface area contributed by atoms with Gasteiger partial charge in [0.25, 0.3) is 5.91 Å². The summed E-state index contributed by atoms with van der Waals surface area (Å²) in [6.45, 7) is 2.35. The van der Waals surface area contributed by atoms with Gasteiger partial charge in [0.2, 0.25) is 5.91 Å². The van der Waals surface area contributed by atoms with E-state index in [1.807, 2.05) is 48.5 Å². The highest BCUT2D eigenvalue weighted by Gasteiger charge is 2.24. The van der Waals surface area contributed by atoms with Gasteiger partial charge in [0.05, 0.1) is 19.1 Å². The van der Waals surface area contributed by atoms with Crippen LogP contribution in [0.2, 0.25) is 0 Å². The Morgan fingerprint density at radius 1 is 0.909 bits per heavy atom. The minimum Gasteiger partial charge on any atom is -0.497 e. The molecule has 7 heteroatoms. The molecule has 1 heterocycles. The molecule has 0 unspecified atom stereocenters. The van der Waals surface area contributed by atoms with Gasteiger partial charge < -0.3 is 19.9 Å². The number of nitrogens with zero attached hydrogens (tertiary/aromatic N) is 2. The largest absolute Gasteiger partial charge is 0.497 e. The maximum atomic E-state index is 13.9. The Hall–Kier alpha value is -3.87. The topological polar surface area (TPSA) is 61.9 Å². The van der Waals surface area contributed by atoms with Gasteiger partial charge in [0.1, 0.15) is 11.6 Å². The van der Waals surface area contributed by atoms with Crippen molar-refractivity contribution in [3.05, 3.63) is 89.7 Å². The van der Waals surface area contributed by atoms with Crippen molar-refractivity contribution in [2.75, 3.05) is 43.5 Å². The van der Waals surface area contributed by atoms with Crippen molar-refractivity contribution in [3.8, 4) is 5.75 Å². The standard InChI is InChI=1S/C26H26FN3O3/c1-33-22-12-6-19(7-13-22)18-25(31)28-20-8-10-21(11-9-20)29-14-16-30(17-15-29)26(32)23-4-2-3-5-24(23)27/h2-13H,14-18H2,1H3,(H,28,31). The number of benzene rings is 3. The molecular formula is C26H26FN3O3. The molecule has 3 aromatic rings. The first-order valence-electron chi connectivity index (χ1n) is 10.8. The number of piperazine rings is 1. The van der Waals surface area contributed by atoms with Crippen LogP contribution in [0.3, 0.4) is 0 Å². The van der Waals surface area contributed by atoms with Crippen LogP contribution >= 0.6 is 0 Å². The molecule has 0 aliphatic carbocycles. The highest BCUT2D eigenvalue weighted by molar-refractivity contribution is 5.94. The third-order valence-electron chi connectivity index (χ3n) is 5.71. The number of carbonyl (C=O) groups is 2. The van der Waals surface area contributed by atoms with Gasteiger partial charge in [-0.05, 0) is 54.1 Å². The fourth-order valence-electron chi connectivity index (χ4n) is 3.86. The first kappa shape index (κ1) is 22.3. The smallest absolute Gasteiger partial charge is 0.256 e. The van der Waals surface area contributed by atoms with Crippen LogP contribution in [0, 0.1) is 5.82 Å². The van der Waals surface area contributed by atoms with Gasteiger partial charge in [0.15, 0.2) is 0 Å². The Labute approximate surface area is 192 Å². The number of hydrogen-bond donors (Lipinski definition) is 1. The molecule has 1 fully saturated rings. The minimum atomic E-state index is -0.491. The highest BCUT2D eigenvalue weighted by atomic mass is 19.1. The Bertz CT molecular complexity index is 1110. The van der Waals surface area contributed by atoms with Crippen molar-refractivity contribution in [1.29, 1.82) is 0 Å². The minimum absolute atomic E-state index is 0.0896. The van der Waals surface area contributed by atoms with Gasteiger partial charge in [-0.15, -0.1) is 0 Å². The van der Waals surface area contributed by atoms with E-state index >= 15 is 0 Å². The molecule has 0 saturated carbocycles. The van der Waals surface area contributed by atoms with Crippen LogP contribution in [0.25, 0.3) is 0 Å². The number of anilines is 2. The zero-order chi connectivity index (χ0) is 23.2. The fraction of sp³-hybridized carbons (Fsp3) is 0.231. The van der Waals surface area contributed by atoms with Crippen molar-refractivity contribution in [2.24, 2.45) is 0 Å². The maximum absolute atomic E-state index is 13.9. The predicted octanol–water partition coefficient (Wildman–Crippen LogP) is 3.98. The van der Waals surface area contributed by atoms with E-state index in [4.69, 9.17) is 4.74 Å². The van der Waals surface area contributed by atoms with E-state index in [1.165, 1.54) is 12.1 Å². The van der Waals surface area contributed by atoms with E-state index in [1.54, 1.807) is 24.1 Å². The molecule has 0 atom stereocenters. The lowest BCUT2D eigenvalue weighted by atomic mass is 10.1. The second-order valence-electron chi connectivity index (χ2n) is 7.88. The van der Waals surface area contributed by atoms with Crippen LogP contribution in [-0.2, 0) is 11.2 Å². The number of halogens is 1. The second-order valence-corrected chi connectivity index (χ2v) is 7.88. The van der Waals surface area contributed by atoms with Gasteiger partial charge in [-0.2, -0.15) is 0 Å². The number of nitrogens with one attached hydrogen (secondary N) is 1. The number of ether oxygens (including phenoxy) is 1. The maximum Gasteiger partial charge on any atom is 0.256 e. The first-order chi connectivity index (χ1) is 16.0. The third kappa shape index (κ3) is 5.49. The lowest BCUT2D eigenvalue weighted by molar-refractivity contribution is -0.115. The Morgan fingerprint density at radius 2 is 1.58 bits per heavy atom. The molecule has 3 aromatic carbocycles. The van der Waals surface area contributed by atoms with Gasteiger partial charge >= 0.3 is 0 Å². The van der Waals surface area contributed by atoms with Gasteiger partial charge in [-0.3, -0.25) is 9.59 Å². The molecule has 4 rings (SSSR count). The second kappa shape index (κ2) is 10.2. The van der Waals surface area contributed by atoms with Crippen LogP contribution in [0.5, 0.6) is 5.75 Å². The van der Waals surface area contributed by atoms with Gasteiger partial charge in [-0.25, -0.2) is 4.39 Å². The van der Waals surface area contributed by atoms with Crippen molar-refractivity contribution >= 4 is 23.2 Å². The average Bonchev–Trinajstić information content (AvgIpc) is 2.85. The van der Waals surface area contributed by atoms with Crippen molar-refractivity contribution in [1.82, 2.24) is 4.90 Å². The van der Waals surface area contributed by atoms with E-state index in [0.29, 0.717) is 26.2 Å². The molecule has 170 valence electrons. The van der Waals surface area contributed by atoms with E-state index < -0.39 is 5.82 Å². The van der Waals surface area contributed by atoms with Crippen LogP contribution in [-0.4, -0.2) is 50.0 Å². The summed E-state index contributed by atoms with van der Waals surface area (Å²) in [6, 6.07) is 21.1. The third-order valence-corrected chi connectivity index (χ3v) is 5.71. The number of methoxy groups -OCH3 is 1. The average molecular weight is 448 g/mol. The van der Waals surface area contributed by atoms with Crippen LogP contribution in [0.1, 0.15) is 15.9 Å². The highest BCUT2D eigenvalue weighted by Crippen LogP contribution is 2.21. The lowest BCUT2D eigenvalue weighted by Gasteiger charge is -2.36. The normalized spacial score (nSPS) is 13.5. The molecule has 0 bridgehead atoms. The van der Waals surface area contributed by atoms with E-state index in [0.717, 1.165) is 22.7 Å². The molecule has 6 nitrogen and oxygen atoms in total. The summed E-state index contributed by atoms with van der Waals surface area (Å²) < 4.78 is 19.1. The summed E-state index contributed by atoms with van der Waals surface area (Å²) in [5, 5.41) is 2.92. The van der Waals surface area contributed by atoms with Crippen LogP contribution in [0.15, 0.2) is 72.8 Å². The fourth-order valence-corrected chi connectivity index (χ4v) is 3.86. The van der Waals surface area contributed by atoms with Crippen LogP contribution < -0.4 is 15.0 Å². The molecule has 1 N–H and O–H groups in total. The first-order valence-corrected chi connectivity index (χ1v) is 10.8. The molecular weight excluding hydrogens is 421 g/mol. The number of amides is 2. The molecule has 1 aliphatic heterocycles. The molecule has 0 aromatic heterocycles. The molecule has 2 amide bonds. The monoisotopic (exact) mass is 447 g/mol. The zero-order valence-electron chi connectivity index (χ0n) is 18.5. The lowest BCUT2D eigenvalue weighted by Crippen LogP contribution is -2.49. The van der Waals surface area contributed by atoms with E-state index in [2.05, 4.69) is 10.2 Å². The summed E-state index contributed by atoms with van der Waals surface area (Å²) in [5.41, 5.74) is 2.76. The summed E-state index contributed by atoms with van der Waals surface area (Å²) >= 11 is 0. The summed E-state index contributed by atoms with van der Waals surface area (Å²) in [5.74, 6) is -0.0995. The van der Waals surface area contributed by atoms with Crippen LogP contribution in [0.4, 0.5) is 15.8 Å². The predicted molar refractivity (Wildman–Crippen MR) is 126 cm³/mol. The quantitative estimate of drug-likeness (QED) is 0.621. The van der Waals surface area contributed by atoms with Gasteiger partial charge in [-0.1, -0.05) is 24.3 Å². The number of rotatable bonds is 6. The molecule has 33 heavy (non-hydrogen) atoms. The Morgan fingerprint density at radius 3 is 2.21 bits per heavy atom. The Balaban J connectivity index is 1.29. The van der Waals surface area contributed by atoms with Crippen molar-refractivity contribution in [3.63, 3.8) is 0 Å². The molecule has 1 aliphatic rings. The summed E-state index contributed by atoms with van der Waals surface area (Å²) in [4.78, 5) is 28.8. The van der Waals surface area contributed by atoms with E-state index in [9.17, 15) is 14.0 Å². The Kier molecular flexibility index (Phi) is 6.88. The van der Waals surface area contributed by atoms with Gasteiger partial charge in [0, 0.05) is 37.6 Å². The molecule has 0 spiro atoms. The number of hydrogen-bond acceptors (Lipinski definition) is 4. The zero-order valence-corrected chi connectivity index (χ0v) is 18.5. The SMILES string of the molecule is COc1ccc(CC(=O)Nc2ccc(N3CCN(C(=O)c4ccccc4F)CC3)cc2)cc1.